The number of methoxy groups -OCH3 is 1. The molecule has 0 amide bonds. The molecular weight excluding hydrogens is 388 g/mol. The Morgan fingerprint density at radius 1 is 1.13 bits per heavy atom. The van der Waals surface area contributed by atoms with Crippen molar-refractivity contribution in [2.75, 3.05) is 43.2 Å². The van der Waals surface area contributed by atoms with Crippen molar-refractivity contribution in [3.8, 4) is 5.75 Å². The lowest BCUT2D eigenvalue weighted by atomic mass is 9.88. The summed E-state index contributed by atoms with van der Waals surface area (Å²) in [6.45, 7) is 6.30. The van der Waals surface area contributed by atoms with E-state index in [2.05, 4.69) is 64.2 Å². The van der Waals surface area contributed by atoms with Gasteiger partial charge in [0, 0.05) is 25.7 Å². The van der Waals surface area contributed by atoms with Crippen LogP contribution in [0.5, 0.6) is 5.75 Å². The van der Waals surface area contributed by atoms with Crippen molar-refractivity contribution in [1.82, 2.24) is 9.97 Å². The molecule has 1 unspecified atom stereocenters. The van der Waals surface area contributed by atoms with Gasteiger partial charge in [-0.3, -0.25) is 0 Å². The summed E-state index contributed by atoms with van der Waals surface area (Å²) in [5.41, 5.74) is 3.88. The molecule has 31 heavy (non-hydrogen) atoms. The van der Waals surface area contributed by atoms with Crippen LogP contribution in [0.3, 0.4) is 0 Å². The van der Waals surface area contributed by atoms with Crippen LogP contribution in [-0.4, -0.2) is 48.4 Å². The number of aromatic nitrogens is 2. The summed E-state index contributed by atoms with van der Waals surface area (Å²) in [5, 5.41) is 9.45. The van der Waals surface area contributed by atoms with Crippen LogP contribution in [-0.2, 0) is 6.42 Å². The van der Waals surface area contributed by atoms with E-state index >= 15 is 0 Å². The monoisotopic (exact) mass is 418 g/mol. The third-order valence-corrected chi connectivity index (χ3v) is 5.90. The third-order valence-electron chi connectivity index (χ3n) is 5.90. The molecule has 2 heterocycles. The fourth-order valence-corrected chi connectivity index (χ4v) is 4.36. The van der Waals surface area contributed by atoms with Crippen molar-refractivity contribution in [2.24, 2.45) is 0 Å². The average molecular weight is 419 g/mol. The maximum Gasteiger partial charge on any atom is 0.135 e. The summed E-state index contributed by atoms with van der Waals surface area (Å²) in [6, 6.07) is 19.1. The highest BCUT2D eigenvalue weighted by molar-refractivity contribution is 5.57. The third kappa shape index (κ3) is 4.35. The molecule has 1 aliphatic rings. The van der Waals surface area contributed by atoms with Crippen molar-refractivity contribution >= 4 is 11.6 Å². The van der Waals surface area contributed by atoms with Crippen LogP contribution in [0.4, 0.5) is 11.6 Å². The van der Waals surface area contributed by atoms with Crippen molar-refractivity contribution in [3.05, 3.63) is 77.1 Å². The maximum atomic E-state index is 9.45. The van der Waals surface area contributed by atoms with E-state index in [1.54, 1.807) is 7.11 Å². The van der Waals surface area contributed by atoms with Crippen LogP contribution in [0.1, 0.15) is 35.5 Å². The summed E-state index contributed by atoms with van der Waals surface area (Å²) in [4.78, 5) is 13.9. The number of aliphatic hydroxyl groups excluding tert-OH is 1. The first-order valence-electron chi connectivity index (χ1n) is 10.8. The second-order valence-corrected chi connectivity index (χ2v) is 7.75. The minimum atomic E-state index is 0.0610. The minimum Gasteiger partial charge on any atom is -0.497 e. The first-order valence-corrected chi connectivity index (χ1v) is 10.8. The van der Waals surface area contributed by atoms with Gasteiger partial charge >= 0.3 is 0 Å². The number of ether oxygens (including phenoxy) is 1. The zero-order chi connectivity index (χ0) is 21.8. The number of hydrogen-bond donors (Lipinski definition) is 1. The van der Waals surface area contributed by atoms with E-state index in [1.807, 2.05) is 19.1 Å². The molecule has 1 aromatic heterocycles. The Hall–Kier alpha value is -3.12. The van der Waals surface area contributed by atoms with E-state index in [0.29, 0.717) is 6.54 Å². The average Bonchev–Trinajstić information content (AvgIpc) is 2.81. The molecule has 0 saturated heterocycles. The van der Waals surface area contributed by atoms with Crippen molar-refractivity contribution in [1.29, 1.82) is 0 Å². The summed E-state index contributed by atoms with van der Waals surface area (Å²) < 4.78 is 5.37. The molecule has 162 valence electrons. The van der Waals surface area contributed by atoms with Crippen molar-refractivity contribution in [2.45, 2.75) is 26.3 Å². The smallest absolute Gasteiger partial charge is 0.135 e. The van der Waals surface area contributed by atoms with Gasteiger partial charge in [0.25, 0.3) is 0 Å². The highest BCUT2D eigenvalue weighted by Gasteiger charge is 2.30. The molecule has 0 radical (unpaired) electrons. The van der Waals surface area contributed by atoms with Crippen molar-refractivity contribution in [3.63, 3.8) is 0 Å². The predicted molar refractivity (Wildman–Crippen MR) is 124 cm³/mol. The first-order chi connectivity index (χ1) is 15.1. The number of likely N-dealkylation sites (N-methyl/N-ethyl adjacent to an activating group) is 1. The van der Waals surface area contributed by atoms with Crippen LogP contribution >= 0.6 is 0 Å². The summed E-state index contributed by atoms with van der Waals surface area (Å²) in [7, 11) is 1.69. The molecule has 1 N–H and O–H groups in total. The van der Waals surface area contributed by atoms with Gasteiger partial charge in [-0.25, -0.2) is 9.97 Å². The maximum absolute atomic E-state index is 9.45. The molecule has 6 heteroatoms. The molecule has 0 spiro atoms. The molecule has 0 aliphatic carbocycles. The van der Waals surface area contributed by atoms with Crippen LogP contribution in [0.2, 0.25) is 0 Å². The highest BCUT2D eigenvalue weighted by Crippen LogP contribution is 2.38. The highest BCUT2D eigenvalue weighted by atomic mass is 16.5. The Labute approximate surface area is 184 Å². The van der Waals surface area contributed by atoms with Crippen LogP contribution in [0.25, 0.3) is 0 Å². The van der Waals surface area contributed by atoms with Gasteiger partial charge in [-0.15, -0.1) is 0 Å². The minimum absolute atomic E-state index is 0.0610. The molecule has 6 nitrogen and oxygen atoms in total. The zero-order valence-electron chi connectivity index (χ0n) is 18.5. The van der Waals surface area contributed by atoms with Gasteiger partial charge in [0.15, 0.2) is 0 Å². The van der Waals surface area contributed by atoms with Gasteiger partial charge in [0.05, 0.1) is 19.8 Å². The predicted octanol–water partition coefficient (Wildman–Crippen LogP) is 3.76. The Balaban J connectivity index is 1.80. The van der Waals surface area contributed by atoms with E-state index in [0.717, 1.165) is 42.7 Å². The number of hydrogen-bond acceptors (Lipinski definition) is 6. The molecule has 1 aliphatic heterocycles. The second kappa shape index (κ2) is 9.35. The van der Waals surface area contributed by atoms with Crippen LogP contribution in [0, 0.1) is 6.92 Å². The van der Waals surface area contributed by atoms with E-state index in [9.17, 15) is 5.11 Å². The van der Waals surface area contributed by atoms with Crippen LogP contribution < -0.4 is 14.5 Å². The quantitative estimate of drug-likeness (QED) is 0.630. The number of fused-ring (bicyclic) bond motifs is 1. The standard InChI is InChI=1S/C25H30N4O2/c1-4-28(15-16-30)23-17-24(27-18(2)26-23)29-14-13-19-7-5-6-8-22(19)25(29)20-9-11-21(31-3)12-10-20/h5-12,17,25,30H,4,13-16H2,1-3H3. The van der Waals surface area contributed by atoms with E-state index in [1.165, 1.54) is 16.7 Å². The number of benzene rings is 2. The number of aliphatic hydroxyl groups is 1. The molecular formula is C25H30N4O2. The SMILES string of the molecule is CCN(CCO)c1cc(N2CCc3ccccc3C2c2ccc(OC)cc2)nc(C)n1. The normalized spacial score (nSPS) is 15.5. The largest absolute Gasteiger partial charge is 0.497 e. The number of rotatable bonds is 7. The van der Waals surface area contributed by atoms with Gasteiger partial charge in [0.1, 0.15) is 23.2 Å². The van der Waals surface area contributed by atoms with Gasteiger partial charge < -0.3 is 19.6 Å². The zero-order valence-corrected chi connectivity index (χ0v) is 18.5. The van der Waals surface area contributed by atoms with E-state index in [4.69, 9.17) is 9.72 Å². The summed E-state index contributed by atoms with van der Waals surface area (Å²) >= 11 is 0. The van der Waals surface area contributed by atoms with Gasteiger partial charge in [-0.2, -0.15) is 0 Å². The molecule has 3 aromatic rings. The topological polar surface area (TPSA) is 61.7 Å². The molecule has 2 aromatic carbocycles. The lowest BCUT2D eigenvalue weighted by Gasteiger charge is -2.39. The molecule has 0 saturated carbocycles. The number of anilines is 2. The molecule has 1 atom stereocenters. The summed E-state index contributed by atoms with van der Waals surface area (Å²) in [6.07, 6.45) is 0.968. The fourth-order valence-electron chi connectivity index (χ4n) is 4.36. The van der Waals surface area contributed by atoms with Gasteiger partial charge in [-0.1, -0.05) is 36.4 Å². The Kier molecular flexibility index (Phi) is 6.37. The lowest BCUT2D eigenvalue weighted by Crippen LogP contribution is -2.37. The van der Waals surface area contributed by atoms with Crippen molar-refractivity contribution < 1.29 is 9.84 Å². The Morgan fingerprint density at radius 3 is 2.61 bits per heavy atom. The molecule has 0 fully saturated rings. The summed E-state index contributed by atoms with van der Waals surface area (Å²) in [5.74, 6) is 3.35. The Bertz CT molecular complexity index is 1020. The number of nitrogens with zero attached hydrogens (tertiary/aromatic N) is 4. The lowest BCUT2D eigenvalue weighted by molar-refractivity contribution is 0.302. The van der Waals surface area contributed by atoms with E-state index in [-0.39, 0.29) is 12.6 Å². The van der Waals surface area contributed by atoms with Crippen LogP contribution in [0.15, 0.2) is 54.6 Å². The van der Waals surface area contributed by atoms with Gasteiger partial charge in [0.2, 0.25) is 0 Å². The molecule has 4 rings (SSSR count). The van der Waals surface area contributed by atoms with Gasteiger partial charge in [-0.05, 0) is 49.1 Å². The first kappa shape index (κ1) is 21.1. The second-order valence-electron chi connectivity index (χ2n) is 7.75. The number of aryl methyl sites for hydroxylation is 1. The molecule has 0 bridgehead atoms. The fraction of sp³-hybridized carbons (Fsp3) is 0.360. The Morgan fingerprint density at radius 2 is 1.90 bits per heavy atom. The van der Waals surface area contributed by atoms with E-state index < -0.39 is 0 Å².